The smallest absolute Gasteiger partial charge is 0.244 e. The van der Waals surface area contributed by atoms with E-state index in [0.29, 0.717) is 0 Å². The van der Waals surface area contributed by atoms with E-state index in [-0.39, 0.29) is 11.9 Å². The molecule has 1 N–H and O–H groups in total. The molecule has 2 heterocycles. The van der Waals surface area contributed by atoms with Gasteiger partial charge in [0.25, 0.3) is 0 Å². The molecule has 0 aliphatic carbocycles. The molecule has 0 saturated heterocycles. The van der Waals surface area contributed by atoms with Crippen LogP contribution in [-0.4, -0.2) is 15.9 Å². The van der Waals surface area contributed by atoms with Gasteiger partial charge < -0.3 is 5.32 Å². The maximum absolute atomic E-state index is 12.0. The van der Waals surface area contributed by atoms with Crippen molar-refractivity contribution in [3.8, 4) is 11.3 Å². The molecule has 3 rings (SSSR count). The van der Waals surface area contributed by atoms with E-state index in [0.717, 1.165) is 22.0 Å². The highest BCUT2D eigenvalue weighted by atomic mass is 32.1. The Morgan fingerprint density at radius 1 is 1.26 bits per heavy atom. The van der Waals surface area contributed by atoms with Gasteiger partial charge in [-0.25, -0.2) is 9.97 Å². The number of carbonyl (C=O) groups excluding carboxylic acids is 1. The summed E-state index contributed by atoms with van der Waals surface area (Å²) in [4.78, 5) is 20.7. The van der Waals surface area contributed by atoms with Gasteiger partial charge in [-0.3, -0.25) is 4.79 Å². The van der Waals surface area contributed by atoms with Crippen LogP contribution in [0.2, 0.25) is 0 Å². The maximum Gasteiger partial charge on any atom is 0.244 e. The average molecular weight is 341 g/mol. The van der Waals surface area contributed by atoms with Gasteiger partial charge in [0.15, 0.2) is 0 Å². The van der Waals surface area contributed by atoms with Gasteiger partial charge in [-0.15, -0.1) is 22.7 Å². The SMILES string of the molecule is C[C@@H](NC(=O)/C=C/c1cscn1)c1nc(-c2ccccc2)cs1. The number of rotatable bonds is 5. The van der Waals surface area contributed by atoms with E-state index in [9.17, 15) is 4.79 Å². The summed E-state index contributed by atoms with van der Waals surface area (Å²) < 4.78 is 0. The fourth-order valence-electron chi connectivity index (χ4n) is 2.02. The van der Waals surface area contributed by atoms with Crippen molar-refractivity contribution in [3.63, 3.8) is 0 Å². The van der Waals surface area contributed by atoms with Crippen molar-refractivity contribution in [2.24, 2.45) is 0 Å². The fourth-order valence-corrected chi connectivity index (χ4v) is 3.37. The van der Waals surface area contributed by atoms with Gasteiger partial charge in [-0.1, -0.05) is 30.3 Å². The average Bonchev–Trinajstić information content (AvgIpc) is 3.25. The number of aromatic nitrogens is 2. The van der Waals surface area contributed by atoms with Crippen LogP contribution in [0.15, 0.2) is 52.7 Å². The van der Waals surface area contributed by atoms with Gasteiger partial charge >= 0.3 is 0 Å². The molecule has 4 nitrogen and oxygen atoms in total. The molecule has 0 aliphatic rings. The zero-order valence-corrected chi connectivity index (χ0v) is 14.1. The molecule has 0 bridgehead atoms. The van der Waals surface area contributed by atoms with Crippen LogP contribution >= 0.6 is 22.7 Å². The lowest BCUT2D eigenvalue weighted by molar-refractivity contribution is -0.117. The van der Waals surface area contributed by atoms with Gasteiger partial charge in [0, 0.05) is 22.4 Å². The molecule has 3 aromatic rings. The molecule has 116 valence electrons. The van der Waals surface area contributed by atoms with E-state index in [1.807, 2.05) is 48.0 Å². The Labute approximate surface area is 142 Å². The second kappa shape index (κ2) is 7.30. The van der Waals surface area contributed by atoms with Gasteiger partial charge in [0.1, 0.15) is 5.01 Å². The first-order valence-corrected chi connectivity index (χ1v) is 8.92. The van der Waals surface area contributed by atoms with Gasteiger partial charge in [-0.2, -0.15) is 0 Å². The largest absolute Gasteiger partial charge is 0.344 e. The summed E-state index contributed by atoms with van der Waals surface area (Å²) in [5, 5.41) is 7.71. The lowest BCUT2D eigenvalue weighted by Crippen LogP contribution is -2.24. The number of benzene rings is 1. The molecule has 0 aliphatic heterocycles. The molecule has 0 unspecified atom stereocenters. The van der Waals surface area contributed by atoms with Crippen molar-refractivity contribution in [1.82, 2.24) is 15.3 Å². The number of nitrogens with zero attached hydrogens (tertiary/aromatic N) is 2. The summed E-state index contributed by atoms with van der Waals surface area (Å²) in [7, 11) is 0. The Morgan fingerprint density at radius 2 is 2.09 bits per heavy atom. The van der Waals surface area contributed by atoms with Gasteiger partial charge in [0.05, 0.1) is 22.9 Å². The second-order valence-electron chi connectivity index (χ2n) is 4.91. The van der Waals surface area contributed by atoms with Crippen LogP contribution in [0.1, 0.15) is 23.7 Å². The van der Waals surface area contributed by atoms with Crippen molar-refractivity contribution in [2.45, 2.75) is 13.0 Å². The lowest BCUT2D eigenvalue weighted by Gasteiger charge is -2.08. The number of nitrogens with one attached hydrogen (secondary N) is 1. The van der Waals surface area contributed by atoms with Crippen LogP contribution in [0.4, 0.5) is 0 Å². The third kappa shape index (κ3) is 4.12. The number of thiazole rings is 2. The molecule has 1 amide bonds. The van der Waals surface area contributed by atoms with Crippen molar-refractivity contribution in [1.29, 1.82) is 0 Å². The normalized spacial score (nSPS) is 12.4. The van der Waals surface area contributed by atoms with Crippen LogP contribution in [-0.2, 0) is 4.79 Å². The summed E-state index contributed by atoms with van der Waals surface area (Å²) in [6.07, 6.45) is 3.20. The van der Waals surface area contributed by atoms with E-state index in [1.54, 1.807) is 22.9 Å². The minimum Gasteiger partial charge on any atom is -0.344 e. The molecule has 6 heteroatoms. The Hall–Kier alpha value is -2.31. The number of hydrogen-bond donors (Lipinski definition) is 1. The van der Waals surface area contributed by atoms with Crippen LogP contribution in [0, 0.1) is 0 Å². The quantitative estimate of drug-likeness (QED) is 0.709. The highest BCUT2D eigenvalue weighted by Crippen LogP contribution is 2.25. The topological polar surface area (TPSA) is 54.9 Å². The zero-order valence-electron chi connectivity index (χ0n) is 12.5. The minimum atomic E-state index is -0.151. The highest BCUT2D eigenvalue weighted by Gasteiger charge is 2.12. The Bertz CT molecular complexity index is 794. The molecule has 1 aromatic carbocycles. The van der Waals surface area contributed by atoms with E-state index < -0.39 is 0 Å². The van der Waals surface area contributed by atoms with Crippen molar-refractivity contribution < 1.29 is 4.79 Å². The van der Waals surface area contributed by atoms with Crippen molar-refractivity contribution >= 4 is 34.7 Å². The second-order valence-corrected chi connectivity index (χ2v) is 6.52. The predicted octanol–water partition coefficient (Wildman–Crippen LogP) is 4.16. The minimum absolute atomic E-state index is 0.134. The van der Waals surface area contributed by atoms with E-state index >= 15 is 0 Å². The highest BCUT2D eigenvalue weighted by molar-refractivity contribution is 7.10. The van der Waals surface area contributed by atoms with E-state index in [4.69, 9.17) is 0 Å². The molecule has 23 heavy (non-hydrogen) atoms. The molecule has 0 spiro atoms. The third-order valence-electron chi connectivity index (χ3n) is 3.18. The first-order chi connectivity index (χ1) is 11.2. The first-order valence-electron chi connectivity index (χ1n) is 7.10. The van der Waals surface area contributed by atoms with E-state index in [2.05, 4.69) is 15.3 Å². The maximum atomic E-state index is 12.0. The molecular weight excluding hydrogens is 326 g/mol. The molecule has 1 atom stereocenters. The van der Waals surface area contributed by atoms with Crippen LogP contribution in [0.3, 0.4) is 0 Å². The van der Waals surface area contributed by atoms with Gasteiger partial charge in [0.2, 0.25) is 5.91 Å². The Balaban J connectivity index is 1.63. The summed E-state index contributed by atoms with van der Waals surface area (Å²) in [5.74, 6) is -0.151. The number of hydrogen-bond acceptors (Lipinski definition) is 5. The summed E-state index contributed by atoms with van der Waals surface area (Å²) in [6.45, 7) is 1.93. The van der Waals surface area contributed by atoms with Crippen LogP contribution in [0.25, 0.3) is 17.3 Å². The Kier molecular flexibility index (Phi) is 4.95. The van der Waals surface area contributed by atoms with Gasteiger partial charge in [-0.05, 0) is 13.0 Å². The van der Waals surface area contributed by atoms with Crippen molar-refractivity contribution in [3.05, 3.63) is 63.4 Å². The summed E-state index contributed by atoms with van der Waals surface area (Å²) >= 11 is 3.05. The van der Waals surface area contributed by atoms with Crippen LogP contribution < -0.4 is 5.32 Å². The fraction of sp³-hybridized carbons (Fsp3) is 0.118. The third-order valence-corrected chi connectivity index (χ3v) is 4.81. The first kappa shape index (κ1) is 15.6. The molecule has 2 aromatic heterocycles. The number of amides is 1. The van der Waals surface area contributed by atoms with Crippen LogP contribution in [0.5, 0.6) is 0 Å². The molecular formula is C17H15N3OS2. The standard InChI is InChI=1S/C17H15N3OS2/c1-12(19-16(21)8-7-14-9-22-11-18-14)17-20-15(10-23-17)13-5-3-2-4-6-13/h2-12H,1H3,(H,19,21)/b8-7+/t12-/m1/s1. The molecule has 0 fully saturated rings. The predicted molar refractivity (Wildman–Crippen MR) is 95.3 cm³/mol. The molecule has 0 radical (unpaired) electrons. The number of carbonyl (C=O) groups is 1. The van der Waals surface area contributed by atoms with Crippen molar-refractivity contribution in [2.75, 3.05) is 0 Å². The monoisotopic (exact) mass is 341 g/mol. The zero-order chi connectivity index (χ0) is 16.1. The lowest BCUT2D eigenvalue weighted by atomic mass is 10.2. The molecule has 0 saturated carbocycles. The van der Waals surface area contributed by atoms with E-state index in [1.165, 1.54) is 17.4 Å². The Morgan fingerprint density at radius 3 is 2.83 bits per heavy atom. The summed E-state index contributed by atoms with van der Waals surface area (Å²) in [5.41, 5.74) is 4.54. The summed E-state index contributed by atoms with van der Waals surface area (Å²) in [6, 6.07) is 9.88.